The molecule has 1 unspecified atom stereocenters. The summed E-state index contributed by atoms with van der Waals surface area (Å²) in [7, 11) is 5.53. The van der Waals surface area contributed by atoms with Crippen LogP contribution >= 0.6 is 47.2 Å². The van der Waals surface area contributed by atoms with Gasteiger partial charge in [-0.25, -0.2) is 0 Å². The summed E-state index contributed by atoms with van der Waals surface area (Å²) in [6.07, 6.45) is 2.24. The van der Waals surface area contributed by atoms with Crippen LogP contribution in [-0.2, 0) is 4.79 Å². The summed E-state index contributed by atoms with van der Waals surface area (Å²) in [5.41, 5.74) is 0.411. The van der Waals surface area contributed by atoms with Crippen LogP contribution in [0.3, 0.4) is 0 Å². The van der Waals surface area contributed by atoms with E-state index in [1.54, 1.807) is 13.1 Å². The third-order valence-electron chi connectivity index (χ3n) is 4.21. The first kappa shape index (κ1) is 25.5. The van der Waals surface area contributed by atoms with Gasteiger partial charge in [-0.2, -0.15) is 10.2 Å². The molecule has 0 aliphatic rings. The quantitative estimate of drug-likeness (QED) is 0.417. The number of carbonyl (C=O) groups is 1. The number of hydrogen-bond acceptors (Lipinski definition) is 5. The lowest BCUT2D eigenvalue weighted by Gasteiger charge is -2.14. The molecule has 0 spiro atoms. The molecule has 6 nitrogen and oxygen atoms in total. The summed E-state index contributed by atoms with van der Waals surface area (Å²) in [6, 6.07) is 5.06. The number of rotatable bonds is 8. The van der Waals surface area contributed by atoms with E-state index < -0.39 is 5.92 Å². The zero-order chi connectivity index (χ0) is 20.8. The molecule has 158 valence electrons. The Labute approximate surface area is 191 Å². The molecule has 0 radical (unpaired) electrons. The molecule has 1 N–H and O–H groups in total. The summed E-state index contributed by atoms with van der Waals surface area (Å²) in [5, 5.41) is 13.0. The highest BCUT2D eigenvalue weighted by atomic mass is 35.5. The summed E-state index contributed by atoms with van der Waals surface area (Å²) >= 11 is 18.4. The molecule has 2 rings (SSSR count). The number of oxazole rings is 1. The molecule has 0 saturated heterocycles. The van der Waals surface area contributed by atoms with Gasteiger partial charge in [0.2, 0.25) is 11.8 Å². The number of aromatic nitrogens is 1. The average Bonchev–Trinajstić information content (AvgIpc) is 3.07. The zero-order valence-corrected chi connectivity index (χ0v) is 19.3. The van der Waals surface area contributed by atoms with Crippen LogP contribution in [0, 0.1) is 11.3 Å². The molecule has 10 heteroatoms. The summed E-state index contributed by atoms with van der Waals surface area (Å²) < 4.78 is 5.84. The van der Waals surface area contributed by atoms with Crippen molar-refractivity contribution in [1.29, 1.82) is 5.26 Å². The van der Waals surface area contributed by atoms with Gasteiger partial charge in [0.15, 0.2) is 11.5 Å². The molecule has 0 fully saturated rings. The van der Waals surface area contributed by atoms with Gasteiger partial charge in [0.05, 0.1) is 21.5 Å². The molecule has 1 aromatic heterocycles. The molecule has 1 amide bonds. The normalized spacial score (nSPS) is 11.7. The van der Waals surface area contributed by atoms with E-state index in [4.69, 9.17) is 39.2 Å². The number of unbranched alkanes of at least 4 members (excludes halogenated alkanes) is 1. The van der Waals surface area contributed by atoms with Gasteiger partial charge >= 0.3 is 0 Å². The molecule has 0 bridgehead atoms. The van der Waals surface area contributed by atoms with E-state index in [0.717, 1.165) is 19.4 Å². The molecule has 1 heterocycles. The molecule has 1 atom stereocenters. The third-order valence-corrected chi connectivity index (χ3v) is 5.23. The first-order valence-electron chi connectivity index (χ1n) is 8.70. The lowest BCUT2D eigenvalue weighted by Crippen LogP contribution is -2.26. The Hall–Kier alpha value is -1.49. The largest absolute Gasteiger partial charge is 0.439 e. The van der Waals surface area contributed by atoms with Crippen LogP contribution in [0.25, 0.3) is 11.5 Å². The van der Waals surface area contributed by atoms with Crippen LogP contribution in [0.15, 0.2) is 16.5 Å². The van der Waals surface area contributed by atoms with E-state index in [1.807, 2.05) is 20.2 Å². The Balaban J connectivity index is 0.00000420. The number of nitrogens with zero attached hydrogens (tertiary/aromatic N) is 3. The van der Waals surface area contributed by atoms with Crippen LogP contribution in [0.1, 0.15) is 36.6 Å². The molecule has 29 heavy (non-hydrogen) atoms. The van der Waals surface area contributed by atoms with Crippen molar-refractivity contribution in [1.82, 2.24) is 15.2 Å². The van der Waals surface area contributed by atoms with E-state index >= 15 is 0 Å². The molecule has 2 aromatic rings. The minimum Gasteiger partial charge on any atom is -0.439 e. The number of likely N-dealkylation sites (N-methyl/N-ethyl adjacent to an activating group) is 1. The fourth-order valence-electron chi connectivity index (χ4n) is 2.81. The number of halogens is 4. The Morgan fingerprint density at radius 3 is 2.59 bits per heavy atom. The number of benzene rings is 1. The monoisotopic (exact) mass is 478 g/mol. The first-order valence-corrected chi connectivity index (χ1v) is 9.83. The fraction of sp³-hybridized carbons (Fsp3) is 0.421. The highest BCUT2D eigenvalue weighted by Crippen LogP contribution is 2.38. The molecule has 0 aliphatic carbocycles. The number of nitriles is 1. The van der Waals surface area contributed by atoms with Crippen molar-refractivity contribution in [3.63, 3.8) is 0 Å². The number of nitrogens with one attached hydrogen (secondary N) is 1. The SMILES string of the molecule is CNC(=O)C(CCCCN(C)C)c1oc(-c2cc(Cl)cc(Cl)c2Cl)nc1C#N.Cl. The molecule has 0 saturated carbocycles. The zero-order valence-electron chi connectivity index (χ0n) is 16.3. The van der Waals surface area contributed by atoms with E-state index in [-0.39, 0.29) is 45.7 Å². The highest BCUT2D eigenvalue weighted by Gasteiger charge is 2.29. The maximum Gasteiger partial charge on any atom is 0.230 e. The van der Waals surface area contributed by atoms with Gasteiger partial charge in [0.1, 0.15) is 6.07 Å². The second-order valence-electron chi connectivity index (χ2n) is 6.56. The Morgan fingerprint density at radius 2 is 2.00 bits per heavy atom. The van der Waals surface area contributed by atoms with Crippen molar-refractivity contribution in [2.45, 2.75) is 25.2 Å². The Bertz CT molecular complexity index is 893. The lowest BCUT2D eigenvalue weighted by atomic mass is 9.97. The van der Waals surface area contributed by atoms with Crippen molar-refractivity contribution in [3.05, 3.63) is 38.7 Å². The van der Waals surface area contributed by atoms with Crippen molar-refractivity contribution in [2.75, 3.05) is 27.7 Å². The van der Waals surface area contributed by atoms with Gasteiger partial charge in [-0.15, -0.1) is 12.4 Å². The van der Waals surface area contributed by atoms with Gasteiger partial charge in [-0.3, -0.25) is 4.79 Å². The maximum absolute atomic E-state index is 12.4. The van der Waals surface area contributed by atoms with Crippen LogP contribution in [0.2, 0.25) is 15.1 Å². The second-order valence-corrected chi connectivity index (χ2v) is 7.78. The Kier molecular flexibility index (Phi) is 10.2. The van der Waals surface area contributed by atoms with E-state index in [0.29, 0.717) is 17.0 Å². The van der Waals surface area contributed by atoms with Crippen molar-refractivity contribution in [3.8, 4) is 17.5 Å². The van der Waals surface area contributed by atoms with Gasteiger partial charge in [0, 0.05) is 12.1 Å². The predicted octanol–water partition coefficient (Wildman–Crippen LogP) is 5.16. The standard InChI is InChI=1S/C19H21Cl3N4O2.ClH/c1-24-18(27)12(6-4-5-7-26(2)3)17-15(10-23)25-19(28-17)13-8-11(20)9-14(21)16(13)22;/h8-9,12H,4-7H2,1-3H3,(H,24,27);1H. The smallest absolute Gasteiger partial charge is 0.230 e. The van der Waals surface area contributed by atoms with Crippen molar-refractivity contribution in [2.24, 2.45) is 0 Å². The van der Waals surface area contributed by atoms with Gasteiger partial charge in [-0.1, -0.05) is 41.2 Å². The topological polar surface area (TPSA) is 82.2 Å². The summed E-state index contributed by atoms with van der Waals surface area (Å²) in [6.45, 7) is 0.907. The van der Waals surface area contributed by atoms with Crippen molar-refractivity contribution >= 4 is 53.1 Å². The molecular weight excluding hydrogens is 458 g/mol. The number of hydrogen-bond donors (Lipinski definition) is 1. The lowest BCUT2D eigenvalue weighted by molar-refractivity contribution is -0.122. The van der Waals surface area contributed by atoms with Crippen LogP contribution < -0.4 is 5.32 Å². The number of carbonyl (C=O) groups excluding carboxylic acids is 1. The summed E-state index contributed by atoms with van der Waals surface area (Å²) in [5.74, 6) is -0.548. The Morgan fingerprint density at radius 1 is 1.31 bits per heavy atom. The minimum absolute atomic E-state index is 0. The van der Waals surface area contributed by atoms with Gasteiger partial charge < -0.3 is 14.6 Å². The fourth-order valence-corrected chi connectivity index (χ4v) is 3.49. The highest BCUT2D eigenvalue weighted by molar-refractivity contribution is 6.44. The second kappa shape index (κ2) is 11.6. The molecule has 1 aromatic carbocycles. The van der Waals surface area contributed by atoms with Crippen molar-refractivity contribution < 1.29 is 9.21 Å². The van der Waals surface area contributed by atoms with E-state index in [9.17, 15) is 10.1 Å². The third kappa shape index (κ3) is 6.50. The summed E-state index contributed by atoms with van der Waals surface area (Å²) in [4.78, 5) is 18.7. The average molecular weight is 480 g/mol. The minimum atomic E-state index is -0.628. The van der Waals surface area contributed by atoms with Gasteiger partial charge in [-0.05, 0) is 45.6 Å². The molecular formula is C19H22Cl4N4O2. The van der Waals surface area contributed by atoms with Crippen LogP contribution in [0.4, 0.5) is 0 Å². The first-order chi connectivity index (χ1) is 13.3. The van der Waals surface area contributed by atoms with Gasteiger partial charge in [0.25, 0.3) is 0 Å². The van der Waals surface area contributed by atoms with E-state index in [2.05, 4.69) is 15.2 Å². The maximum atomic E-state index is 12.4. The van der Waals surface area contributed by atoms with Crippen LogP contribution in [-0.4, -0.2) is 43.5 Å². The number of amides is 1. The predicted molar refractivity (Wildman–Crippen MR) is 118 cm³/mol. The van der Waals surface area contributed by atoms with E-state index in [1.165, 1.54) is 6.07 Å². The molecule has 0 aliphatic heterocycles. The van der Waals surface area contributed by atoms with Crippen LogP contribution in [0.5, 0.6) is 0 Å².